The van der Waals surface area contributed by atoms with Crippen molar-refractivity contribution in [3.63, 3.8) is 0 Å². The summed E-state index contributed by atoms with van der Waals surface area (Å²) < 4.78 is 5.75. The van der Waals surface area contributed by atoms with E-state index < -0.39 is 0 Å². The summed E-state index contributed by atoms with van der Waals surface area (Å²) >= 11 is 0. The van der Waals surface area contributed by atoms with Crippen LogP contribution in [0.5, 0.6) is 0 Å². The van der Waals surface area contributed by atoms with Crippen LogP contribution in [0, 0.1) is 0 Å². The van der Waals surface area contributed by atoms with Gasteiger partial charge in [-0.05, 0) is 78.8 Å². The fraction of sp³-hybridized carbons (Fsp3) is 0.353. The van der Waals surface area contributed by atoms with Crippen molar-refractivity contribution < 1.29 is 14.3 Å². The fourth-order valence-electron chi connectivity index (χ4n) is 5.68. The van der Waals surface area contributed by atoms with Crippen molar-refractivity contribution in [2.24, 2.45) is 0 Å². The highest BCUT2D eigenvalue weighted by Crippen LogP contribution is 2.30. The van der Waals surface area contributed by atoms with E-state index in [1.54, 1.807) is 18.2 Å². The van der Waals surface area contributed by atoms with Crippen LogP contribution in [0.3, 0.4) is 0 Å². The zero-order valence-electron chi connectivity index (χ0n) is 23.9. The third-order valence-electron chi connectivity index (χ3n) is 8.10. The fourth-order valence-corrected chi connectivity index (χ4v) is 5.68. The number of hydrogen-bond donors (Lipinski definition) is 3. The molecule has 2 fully saturated rings. The van der Waals surface area contributed by atoms with Crippen LogP contribution in [0.15, 0.2) is 78.9 Å². The highest BCUT2D eigenvalue weighted by atomic mass is 16.5. The van der Waals surface area contributed by atoms with Gasteiger partial charge >= 0.3 is 0 Å². The predicted octanol–water partition coefficient (Wildman–Crippen LogP) is 6.02. The minimum atomic E-state index is -0.279. The van der Waals surface area contributed by atoms with Gasteiger partial charge in [-0.3, -0.25) is 14.5 Å². The number of nitrogens with zero attached hydrogens (tertiary/aromatic N) is 1. The van der Waals surface area contributed by atoms with Gasteiger partial charge in [-0.15, -0.1) is 0 Å². The van der Waals surface area contributed by atoms with Gasteiger partial charge in [0, 0.05) is 24.4 Å². The van der Waals surface area contributed by atoms with Crippen LogP contribution in [-0.4, -0.2) is 48.6 Å². The number of amides is 2. The van der Waals surface area contributed by atoms with Crippen LogP contribution in [0.4, 0.5) is 17.1 Å². The number of hydrogen-bond acceptors (Lipinski definition) is 5. The number of likely N-dealkylation sites (tertiary alicyclic amines) is 1. The second-order valence-electron chi connectivity index (χ2n) is 11.4. The molecular formula is C34H40N4O3. The van der Waals surface area contributed by atoms with E-state index in [9.17, 15) is 9.59 Å². The smallest absolute Gasteiger partial charge is 0.248 e. The number of fused-ring (bicyclic) bond motifs is 2. The first-order chi connectivity index (χ1) is 19.9. The van der Waals surface area contributed by atoms with Crippen LogP contribution in [0.2, 0.25) is 0 Å². The Hall–Kier alpha value is -3.94. The third-order valence-corrected chi connectivity index (χ3v) is 8.10. The van der Waals surface area contributed by atoms with Crippen LogP contribution < -0.4 is 16.4 Å². The average Bonchev–Trinajstić information content (AvgIpc) is 3.60. The van der Waals surface area contributed by atoms with Crippen molar-refractivity contribution in [2.75, 3.05) is 36.1 Å². The summed E-state index contributed by atoms with van der Waals surface area (Å²) in [6.07, 6.45) is 6.43. The lowest BCUT2D eigenvalue weighted by molar-refractivity contribution is -0.117. The molecule has 2 aliphatic heterocycles. The quantitative estimate of drug-likeness (QED) is 0.200. The van der Waals surface area contributed by atoms with E-state index in [2.05, 4.69) is 41.5 Å². The Balaban J connectivity index is 1.24. The molecule has 2 aliphatic rings. The normalized spacial score (nSPS) is 19.1. The molecule has 3 aromatic carbocycles. The summed E-state index contributed by atoms with van der Waals surface area (Å²) in [7, 11) is 0. The standard InChI is InChI=1S/C34H40N4O3/c1-23(2)25-14-16-27(17-15-25)36-34(40)30(6-5-19-38-21-29-20-28(38)22-41-29)26-12-9-24(10-13-26)11-18-33(39)37-32-8-4-3-7-31(32)35/h3-4,7-18,23,28-30H,5-6,19-22,35H2,1-2H3,(H,36,40)(H,37,39)/t28-,29-,30?/m0/s1. The summed E-state index contributed by atoms with van der Waals surface area (Å²) in [6, 6.07) is 23.7. The number of benzene rings is 3. The molecule has 0 aliphatic carbocycles. The van der Waals surface area contributed by atoms with Gasteiger partial charge in [0.05, 0.1) is 30.0 Å². The van der Waals surface area contributed by atoms with E-state index in [1.165, 1.54) is 11.6 Å². The molecule has 2 saturated heterocycles. The molecule has 0 spiro atoms. The van der Waals surface area contributed by atoms with Gasteiger partial charge in [0.1, 0.15) is 0 Å². The Bertz CT molecular complexity index is 1370. The van der Waals surface area contributed by atoms with Crippen LogP contribution >= 0.6 is 0 Å². The van der Waals surface area contributed by atoms with Crippen molar-refractivity contribution in [1.82, 2.24) is 4.90 Å². The number of carbonyl (C=O) groups is 2. The van der Waals surface area contributed by atoms with Crippen molar-refractivity contribution in [2.45, 2.75) is 57.1 Å². The maximum absolute atomic E-state index is 13.6. The number of rotatable bonds is 11. The maximum Gasteiger partial charge on any atom is 0.248 e. The number of carbonyl (C=O) groups excluding carboxylic acids is 2. The van der Waals surface area contributed by atoms with Crippen molar-refractivity contribution >= 4 is 35.0 Å². The molecule has 2 heterocycles. The topological polar surface area (TPSA) is 96.7 Å². The molecule has 5 rings (SSSR count). The lowest BCUT2D eigenvalue weighted by Gasteiger charge is -2.27. The first-order valence-corrected chi connectivity index (χ1v) is 14.6. The van der Waals surface area contributed by atoms with Crippen LogP contribution in [0.1, 0.15) is 61.6 Å². The number of morpholine rings is 1. The molecule has 2 bridgehead atoms. The second-order valence-corrected chi connectivity index (χ2v) is 11.4. The minimum absolute atomic E-state index is 0.00306. The van der Waals surface area contributed by atoms with E-state index in [-0.39, 0.29) is 17.7 Å². The van der Waals surface area contributed by atoms with Gasteiger partial charge in [-0.1, -0.05) is 62.4 Å². The molecule has 0 aromatic heterocycles. The highest BCUT2D eigenvalue weighted by molar-refractivity contribution is 6.03. The van der Waals surface area contributed by atoms with E-state index in [4.69, 9.17) is 10.5 Å². The second kappa shape index (κ2) is 13.1. The van der Waals surface area contributed by atoms with Crippen molar-refractivity contribution in [1.29, 1.82) is 0 Å². The van der Waals surface area contributed by atoms with Crippen LogP contribution in [-0.2, 0) is 14.3 Å². The average molecular weight is 553 g/mol. The largest absolute Gasteiger partial charge is 0.397 e. The number of para-hydroxylation sites is 2. The summed E-state index contributed by atoms with van der Waals surface area (Å²) in [5.41, 5.74) is 10.9. The molecule has 3 aromatic rings. The third kappa shape index (κ3) is 7.43. The number of ether oxygens (including phenoxy) is 1. The molecule has 7 heteroatoms. The van der Waals surface area contributed by atoms with Gasteiger partial charge in [0.15, 0.2) is 0 Å². The molecule has 3 atom stereocenters. The highest BCUT2D eigenvalue weighted by Gasteiger charge is 2.38. The summed E-state index contributed by atoms with van der Waals surface area (Å²) in [5, 5.41) is 5.94. The van der Waals surface area contributed by atoms with Crippen LogP contribution in [0.25, 0.3) is 6.08 Å². The molecule has 214 valence electrons. The Morgan fingerprint density at radius 1 is 1.00 bits per heavy atom. The lowest BCUT2D eigenvalue weighted by atomic mass is 9.92. The van der Waals surface area contributed by atoms with E-state index in [1.807, 2.05) is 48.5 Å². The molecule has 1 unspecified atom stereocenters. The first kappa shape index (κ1) is 28.6. The maximum atomic E-state index is 13.6. The predicted molar refractivity (Wildman–Crippen MR) is 166 cm³/mol. The summed E-state index contributed by atoms with van der Waals surface area (Å²) in [5.74, 6) is -0.0995. The number of anilines is 3. The zero-order valence-corrected chi connectivity index (χ0v) is 23.9. The van der Waals surface area contributed by atoms with Crippen molar-refractivity contribution in [3.8, 4) is 0 Å². The Kier molecular flexibility index (Phi) is 9.17. The van der Waals surface area contributed by atoms with Gasteiger partial charge in [-0.2, -0.15) is 0 Å². The minimum Gasteiger partial charge on any atom is -0.397 e. The van der Waals surface area contributed by atoms with E-state index >= 15 is 0 Å². The van der Waals surface area contributed by atoms with Crippen molar-refractivity contribution in [3.05, 3.63) is 95.6 Å². The Morgan fingerprint density at radius 2 is 1.73 bits per heavy atom. The lowest BCUT2D eigenvalue weighted by Crippen LogP contribution is -2.37. The molecule has 4 N–H and O–H groups in total. The van der Waals surface area contributed by atoms with Gasteiger partial charge < -0.3 is 21.1 Å². The summed E-state index contributed by atoms with van der Waals surface area (Å²) in [6.45, 7) is 7.11. The molecule has 41 heavy (non-hydrogen) atoms. The number of nitrogen functional groups attached to an aromatic ring is 1. The molecular weight excluding hydrogens is 512 g/mol. The van der Waals surface area contributed by atoms with Gasteiger partial charge in [-0.25, -0.2) is 0 Å². The SMILES string of the molecule is CC(C)c1ccc(NC(=O)C(CCCN2C[C@@H]3C[C@H]2CO3)c2ccc(C=CC(=O)Nc3ccccc3N)cc2)cc1. The molecule has 7 nitrogen and oxygen atoms in total. The number of nitrogens with one attached hydrogen (secondary N) is 2. The van der Waals surface area contributed by atoms with Gasteiger partial charge in [0.2, 0.25) is 11.8 Å². The summed E-state index contributed by atoms with van der Waals surface area (Å²) in [4.78, 5) is 28.5. The molecule has 0 radical (unpaired) electrons. The molecule has 0 saturated carbocycles. The van der Waals surface area contributed by atoms with E-state index in [0.717, 1.165) is 55.8 Å². The van der Waals surface area contributed by atoms with Gasteiger partial charge in [0.25, 0.3) is 0 Å². The first-order valence-electron chi connectivity index (χ1n) is 14.6. The zero-order chi connectivity index (χ0) is 28.8. The number of nitrogens with two attached hydrogens (primary N) is 1. The monoisotopic (exact) mass is 552 g/mol. The van der Waals surface area contributed by atoms with E-state index in [0.29, 0.717) is 29.4 Å². The Labute approximate surface area is 242 Å². The Morgan fingerprint density at radius 3 is 2.39 bits per heavy atom. The molecule has 2 amide bonds.